The van der Waals surface area contributed by atoms with Crippen LogP contribution in [-0.2, 0) is 6.61 Å². The first-order valence-corrected chi connectivity index (χ1v) is 7.68. The highest BCUT2D eigenvalue weighted by atomic mass is 79.9. The molecule has 0 saturated heterocycles. The van der Waals surface area contributed by atoms with E-state index in [2.05, 4.69) is 33.2 Å². The summed E-state index contributed by atoms with van der Waals surface area (Å²) in [5.74, 6) is 1.39. The van der Waals surface area contributed by atoms with Gasteiger partial charge >= 0.3 is 0 Å². The number of ether oxygens (including phenoxy) is 2. The molecule has 0 saturated carbocycles. The van der Waals surface area contributed by atoms with Crippen LogP contribution in [0.2, 0.25) is 0 Å². The molecule has 1 N–H and O–H groups in total. The summed E-state index contributed by atoms with van der Waals surface area (Å²) in [6.07, 6.45) is 2.87. The lowest BCUT2D eigenvalue weighted by atomic mass is 10.3. The summed E-state index contributed by atoms with van der Waals surface area (Å²) in [5.41, 5.74) is 1.93. The Bertz CT molecular complexity index is 590. The van der Waals surface area contributed by atoms with Gasteiger partial charge in [0.2, 0.25) is 0 Å². The highest BCUT2D eigenvalue weighted by Crippen LogP contribution is 2.35. The largest absolute Gasteiger partial charge is 0.493 e. The van der Waals surface area contributed by atoms with Crippen molar-refractivity contribution in [3.8, 4) is 11.5 Å². The molecule has 0 aliphatic heterocycles. The lowest BCUT2D eigenvalue weighted by Gasteiger charge is -2.12. The van der Waals surface area contributed by atoms with Gasteiger partial charge in [0.25, 0.3) is 0 Å². The van der Waals surface area contributed by atoms with E-state index >= 15 is 0 Å². The molecule has 4 nitrogen and oxygen atoms in total. The third kappa shape index (κ3) is 4.36. The van der Waals surface area contributed by atoms with Gasteiger partial charge in [-0.15, -0.1) is 0 Å². The van der Waals surface area contributed by atoms with Crippen molar-refractivity contribution >= 4 is 21.6 Å². The fourth-order valence-corrected chi connectivity index (χ4v) is 2.33. The third-order valence-electron chi connectivity index (χ3n) is 2.91. The van der Waals surface area contributed by atoms with E-state index in [0.29, 0.717) is 18.1 Å². The molecule has 0 unspecified atom stereocenters. The number of aromatic nitrogens is 1. The van der Waals surface area contributed by atoms with E-state index in [9.17, 15) is 0 Å². The Labute approximate surface area is 133 Å². The van der Waals surface area contributed by atoms with Crippen LogP contribution in [0.15, 0.2) is 41.0 Å². The van der Waals surface area contributed by atoms with E-state index in [0.717, 1.165) is 28.8 Å². The quantitative estimate of drug-likeness (QED) is 0.810. The van der Waals surface area contributed by atoms with Crippen LogP contribution >= 0.6 is 15.9 Å². The van der Waals surface area contributed by atoms with Crippen molar-refractivity contribution in [3.63, 3.8) is 0 Å². The van der Waals surface area contributed by atoms with Gasteiger partial charge in [-0.25, -0.2) is 0 Å². The van der Waals surface area contributed by atoms with Crippen LogP contribution in [0.5, 0.6) is 11.5 Å². The van der Waals surface area contributed by atoms with Gasteiger partial charge in [0.15, 0.2) is 11.5 Å². The molecule has 5 heteroatoms. The minimum Gasteiger partial charge on any atom is -0.493 e. The van der Waals surface area contributed by atoms with Gasteiger partial charge in [-0.2, -0.15) is 0 Å². The Morgan fingerprint density at radius 3 is 2.90 bits per heavy atom. The fraction of sp³-hybridized carbons (Fsp3) is 0.312. The summed E-state index contributed by atoms with van der Waals surface area (Å²) in [7, 11) is 1.63. The van der Waals surface area contributed by atoms with Gasteiger partial charge in [0.1, 0.15) is 6.61 Å². The van der Waals surface area contributed by atoms with E-state index in [1.165, 1.54) is 0 Å². The number of rotatable bonds is 7. The number of hydrogen-bond acceptors (Lipinski definition) is 4. The molecule has 0 aliphatic carbocycles. The third-order valence-corrected chi connectivity index (χ3v) is 3.54. The summed E-state index contributed by atoms with van der Waals surface area (Å²) < 4.78 is 12.0. The first kappa shape index (κ1) is 15.6. The second-order valence-electron chi connectivity index (χ2n) is 4.52. The topological polar surface area (TPSA) is 43.4 Å². The van der Waals surface area contributed by atoms with Crippen LogP contribution in [0.3, 0.4) is 0 Å². The zero-order valence-electron chi connectivity index (χ0n) is 12.2. The summed E-state index contributed by atoms with van der Waals surface area (Å²) in [4.78, 5) is 4.33. The van der Waals surface area contributed by atoms with Crippen LogP contribution in [0.4, 0.5) is 5.69 Å². The Morgan fingerprint density at radius 1 is 1.29 bits per heavy atom. The maximum atomic E-state index is 5.84. The van der Waals surface area contributed by atoms with Gasteiger partial charge < -0.3 is 14.8 Å². The lowest BCUT2D eigenvalue weighted by molar-refractivity contribution is 0.279. The molecule has 0 spiro atoms. The molecule has 0 amide bonds. The zero-order chi connectivity index (χ0) is 15.1. The summed E-state index contributed by atoms with van der Waals surface area (Å²) in [6, 6.07) is 9.65. The predicted octanol–water partition coefficient (Wildman–Crippen LogP) is 4.25. The Hall–Kier alpha value is -1.75. The maximum Gasteiger partial charge on any atom is 0.175 e. The van der Waals surface area contributed by atoms with Crippen LogP contribution in [0.25, 0.3) is 0 Å². The number of anilines is 1. The predicted molar refractivity (Wildman–Crippen MR) is 88.0 cm³/mol. The molecule has 0 fully saturated rings. The van der Waals surface area contributed by atoms with Crippen molar-refractivity contribution in [2.45, 2.75) is 20.0 Å². The van der Waals surface area contributed by atoms with Crippen molar-refractivity contribution in [2.75, 3.05) is 19.0 Å². The molecule has 2 rings (SSSR count). The van der Waals surface area contributed by atoms with Gasteiger partial charge in [-0.1, -0.05) is 13.0 Å². The fourth-order valence-electron chi connectivity index (χ4n) is 1.87. The minimum atomic E-state index is 0.390. The lowest BCUT2D eigenvalue weighted by Crippen LogP contribution is -2.03. The number of para-hydroxylation sites is 1. The molecule has 0 radical (unpaired) electrons. The van der Waals surface area contributed by atoms with Gasteiger partial charge in [0, 0.05) is 18.4 Å². The monoisotopic (exact) mass is 350 g/mol. The Kier molecular flexibility index (Phi) is 5.87. The first-order chi connectivity index (χ1) is 10.2. The van der Waals surface area contributed by atoms with E-state index in [1.54, 1.807) is 13.3 Å². The SMILES string of the molecule is CCCNc1ccnc(COc2c(Br)cccc2OC)c1. The van der Waals surface area contributed by atoms with E-state index < -0.39 is 0 Å². The molecule has 112 valence electrons. The highest BCUT2D eigenvalue weighted by Gasteiger charge is 2.09. The average molecular weight is 351 g/mol. The molecule has 0 aliphatic rings. The number of nitrogens with one attached hydrogen (secondary N) is 1. The maximum absolute atomic E-state index is 5.84. The van der Waals surface area contributed by atoms with E-state index in [4.69, 9.17) is 9.47 Å². The van der Waals surface area contributed by atoms with Crippen molar-refractivity contribution in [2.24, 2.45) is 0 Å². The van der Waals surface area contributed by atoms with Crippen molar-refractivity contribution in [1.29, 1.82) is 0 Å². The minimum absolute atomic E-state index is 0.390. The Balaban J connectivity index is 2.06. The first-order valence-electron chi connectivity index (χ1n) is 6.88. The Morgan fingerprint density at radius 2 is 2.14 bits per heavy atom. The molecule has 1 heterocycles. The van der Waals surface area contributed by atoms with Crippen LogP contribution in [0, 0.1) is 0 Å². The summed E-state index contributed by atoms with van der Waals surface area (Å²) >= 11 is 3.47. The molecule has 0 atom stereocenters. The number of halogens is 1. The highest BCUT2D eigenvalue weighted by molar-refractivity contribution is 9.10. The van der Waals surface area contributed by atoms with E-state index in [-0.39, 0.29) is 0 Å². The molecular formula is C16H19BrN2O2. The molecule has 21 heavy (non-hydrogen) atoms. The zero-order valence-corrected chi connectivity index (χ0v) is 13.8. The van der Waals surface area contributed by atoms with Crippen LogP contribution in [-0.4, -0.2) is 18.6 Å². The number of benzene rings is 1. The smallest absolute Gasteiger partial charge is 0.175 e. The molecular weight excluding hydrogens is 332 g/mol. The van der Waals surface area contributed by atoms with Crippen LogP contribution < -0.4 is 14.8 Å². The van der Waals surface area contributed by atoms with Crippen molar-refractivity contribution in [1.82, 2.24) is 4.98 Å². The number of methoxy groups -OCH3 is 1. The van der Waals surface area contributed by atoms with Gasteiger partial charge in [0.05, 0.1) is 17.3 Å². The summed E-state index contributed by atoms with van der Waals surface area (Å²) in [6.45, 7) is 3.47. The number of nitrogens with zero attached hydrogens (tertiary/aromatic N) is 1. The van der Waals surface area contributed by atoms with Gasteiger partial charge in [-0.05, 0) is 46.6 Å². The van der Waals surface area contributed by atoms with E-state index in [1.807, 2.05) is 30.3 Å². The second kappa shape index (κ2) is 7.88. The second-order valence-corrected chi connectivity index (χ2v) is 5.38. The normalized spacial score (nSPS) is 10.2. The number of pyridine rings is 1. The van der Waals surface area contributed by atoms with Crippen molar-refractivity contribution < 1.29 is 9.47 Å². The molecule has 2 aromatic rings. The molecule has 1 aromatic carbocycles. The van der Waals surface area contributed by atoms with Crippen LogP contribution in [0.1, 0.15) is 19.0 Å². The van der Waals surface area contributed by atoms with Crippen molar-refractivity contribution in [3.05, 3.63) is 46.7 Å². The standard InChI is InChI=1S/C16H19BrN2O2/c1-3-8-18-12-7-9-19-13(10-12)11-21-16-14(17)5-4-6-15(16)20-2/h4-7,9-10H,3,8,11H2,1-2H3,(H,18,19). The molecule has 0 bridgehead atoms. The number of hydrogen-bond donors (Lipinski definition) is 1. The molecule has 1 aromatic heterocycles. The average Bonchev–Trinajstić information content (AvgIpc) is 2.52. The summed E-state index contributed by atoms with van der Waals surface area (Å²) in [5, 5.41) is 3.34. The van der Waals surface area contributed by atoms with Gasteiger partial charge in [-0.3, -0.25) is 4.98 Å².